The third-order valence-corrected chi connectivity index (χ3v) is 3.76. The fourth-order valence-electron chi connectivity index (χ4n) is 2.15. The number of halogens is 1. The molecule has 0 radical (unpaired) electrons. The van der Waals surface area contributed by atoms with E-state index >= 15 is 0 Å². The van der Waals surface area contributed by atoms with Crippen LogP contribution in [-0.2, 0) is 4.79 Å². The summed E-state index contributed by atoms with van der Waals surface area (Å²) in [5.74, 6) is 0.501. The minimum absolute atomic E-state index is 0.00247. The lowest BCUT2D eigenvalue weighted by molar-refractivity contribution is -0.385. The predicted molar refractivity (Wildman–Crippen MR) is 94.6 cm³/mol. The van der Waals surface area contributed by atoms with E-state index in [1.54, 1.807) is 32.0 Å². The van der Waals surface area contributed by atoms with E-state index in [0.717, 1.165) is 0 Å². The zero-order chi connectivity index (χ0) is 18.6. The first-order chi connectivity index (χ1) is 11.8. The van der Waals surface area contributed by atoms with Gasteiger partial charge >= 0.3 is 0 Å². The number of carbonyl (C=O) groups is 1. The van der Waals surface area contributed by atoms with E-state index < -0.39 is 11.0 Å². The first-order valence-electron chi connectivity index (χ1n) is 7.38. The molecule has 25 heavy (non-hydrogen) atoms. The molecule has 2 rings (SSSR count). The molecular formula is C17H17ClN2O5. The summed E-state index contributed by atoms with van der Waals surface area (Å²) >= 11 is 6.02. The Labute approximate surface area is 149 Å². The second-order valence-corrected chi connectivity index (χ2v) is 5.71. The molecule has 132 valence electrons. The molecule has 0 spiro atoms. The second kappa shape index (κ2) is 7.85. The first-order valence-corrected chi connectivity index (χ1v) is 7.75. The third kappa shape index (κ3) is 4.60. The van der Waals surface area contributed by atoms with E-state index in [4.69, 9.17) is 21.1 Å². The third-order valence-electron chi connectivity index (χ3n) is 3.47. The van der Waals surface area contributed by atoms with Crippen LogP contribution in [-0.4, -0.2) is 24.0 Å². The van der Waals surface area contributed by atoms with Gasteiger partial charge in [0.05, 0.1) is 17.1 Å². The molecule has 0 aliphatic carbocycles. The Morgan fingerprint density at radius 2 is 2.00 bits per heavy atom. The van der Waals surface area contributed by atoms with Gasteiger partial charge in [-0.05, 0) is 44.2 Å². The standard InChI is InChI=1S/C17H17ClN2O5/c1-10-8-13(5-6-15(10)20(22)23)25-11(2)17(21)19-12-4-7-16(24-3)14(18)9-12/h4-9,11H,1-3H3,(H,19,21)/t11-/m0/s1. The van der Waals surface area contributed by atoms with Crippen molar-refractivity contribution in [1.29, 1.82) is 0 Å². The summed E-state index contributed by atoms with van der Waals surface area (Å²) in [7, 11) is 1.50. The highest BCUT2D eigenvalue weighted by Gasteiger charge is 2.17. The van der Waals surface area contributed by atoms with Crippen LogP contribution in [0.3, 0.4) is 0 Å². The molecular weight excluding hydrogens is 348 g/mol. The van der Waals surface area contributed by atoms with Gasteiger partial charge in [-0.1, -0.05) is 11.6 Å². The van der Waals surface area contributed by atoms with Crippen LogP contribution in [0.5, 0.6) is 11.5 Å². The van der Waals surface area contributed by atoms with Gasteiger partial charge in [-0.25, -0.2) is 0 Å². The number of nitro benzene ring substituents is 1. The van der Waals surface area contributed by atoms with Gasteiger partial charge in [0.2, 0.25) is 0 Å². The monoisotopic (exact) mass is 364 g/mol. The van der Waals surface area contributed by atoms with Crippen molar-refractivity contribution >= 4 is 28.9 Å². The Morgan fingerprint density at radius 1 is 1.28 bits per heavy atom. The van der Waals surface area contributed by atoms with E-state index in [2.05, 4.69) is 5.32 Å². The molecule has 0 heterocycles. The van der Waals surface area contributed by atoms with Crippen molar-refractivity contribution in [1.82, 2.24) is 0 Å². The number of aryl methyl sites for hydroxylation is 1. The summed E-state index contributed by atoms with van der Waals surface area (Å²) < 4.78 is 10.6. The van der Waals surface area contributed by atoms with E-state index in [1.165, 1.54) is 25.3 Å². The number of rotatable bonds is 6. The minimum atomic E-state index is -0.804. The molecule has 0 bridgehead atoms. The number of methoxy groups -OCH3 is 1. The van der Waals surface area contributed by atoms with E-state index in [1.807, 2.05) is 0 Å². The normalized spacial score (nSPS) is 11.5. The van der Waals surface area contributed by atoms with Crippen molar-refractivity contribution in [3.63, 3.8) is 0 Å². The summed E-state index contributed by atoms with van der Waals surface area (Å²) in [5.41, 5.74) is 0.959. The topological polar surface area (TPSA) is 90.7 Å². The van der Waals surface area contributed by atoms with Gasteiger partial charge in [0, 0.05) is 17.3 Å². The smallest absolute Gasteiger partial charge is 0.272 e. The number of anilines is 1. The molecule has 0 aromatic heterocycles. The lowest BCUT2D eigenvalue weighted by Crippen LogP contribution is -2.30. The molecule has 2 aromatic rings. The molecule has 0 aliphatic rings. The van der Waals surface area contributed by atoms with Gasteiger partial charge in [-0.2, -0.15) is 0 Å². The molecule has 1 amide bonds. The highest BCUT2D eigenvalue weighted by Crippen LogP contribution is 2.27. The van der Waals surface area contributed by atoms with Crippen LogP contribution in [0.2, 0.25) is 5.02 Å². The Hall–Kier alpha value is -2.80. The molecule has 7 nitrogen and oxygen atoms in total. The number of ether oxygens (including phenoxy) is 2. The fourth-order valence-corrected chi connectivity index (χ4v) is 2.41. The van der Waals surface area contributed by atoms with E-state index in [0.29, 0.717) is 27.8 Å². The van der Waals surface area contributed by atoms with E-state index in [-0.39, 0.29) is 11.6 Å². The Morgan fingerprint density at radius 3 is 2.56 bits per heavy atom. The number of nitrogens with one attached hydrogen (secondary N) is 1. The zero-order valence-corrected chi connectivity index (χ0v) is 14.7. The van der Waals surface area contributed by atoms with Crippen LogP contribution in [0.1, 0.15) is 12.5 Å². The van der Waals surface area contributed by atoms with Gasteiger partial charge < -0.3 is 14.8 Å². The molecule has 0 aliphatic heterocycles. The summed E-state index contributed by atoms with van der Waals surface area (Å²) in [4.78, 5) is 22.6. The van der Waals surface area contributed by atoms with E-state index in [9.17, 15) is 14.9 Å². The van der Waals surface area contributed by atoms with Gasteiger partial charge in [-0.15, -0.1) is 0 Å². The van der Waals surface area contributed by atoms with Crippen molar-refractivity contribution in [2.45, 2.75) is 20.0 Å². The first kappa shape index (κ1) is 18.5. The molecule has 0 saturated carbocycles. The lowest BCUT2D eigenvalue weighted by atomic mass is 10.2. The number of hydrogen-bond acceptors (Lipinski definition) is 5. The largest absolute Gasteiger partial charge is 0.495 e. The van der Waals surface area contributed by atoms with Crippen LogP contribution in [0.15, 0.2) is 36.4 Å². The maximum atomic E-state index is 12.2. The predicted octanol–water partition coefficient (Wildman–Crippen LogP) is 3.97. The number of carbonyl (C=O) groups excluding carboxylic acids is 1. The van der Waals surface area contributed by atoms with Crippen molar-refractivity contribution < 1.29 is 19.2 Å². The van der Waals surface area contributed by atoms with Gasteiger partial charge in [0.1, 0.15) is 11.5 Å². The zero-order valence-electron chi connectivity index (χ0n) is 13.9. The van der Waals surface area contributed by atoms with Gasteiger partial charge in [0.25, 0.3) is 11.6 Å². The van der Waals surface area contributed by atoms with Crippen molar-refractivity contribution in [3.8, 4) is 11.5 Å². The average molecular weight is 365 g/mol. The average Bonchev–Trinajstić information content (AvgIpc) is 2.54. The van der Waals surface area contributed by atoms with Crippen LogP contribution in [0.4, 0.5) is 11.4 Å². The summed E-state index contributed by atoms with van der Waals surface area (Å²) in [5, 5.41) is 13.9. The number of nitrogens with zero attached hydrogens (tertiary/aromatic N) is 1. The number of benzene rings is 2. The van der Waals surface area contributed by atoms with Gasteiger partial charge in [-0.3, -0.25) is 14.9 Å². The number of nitro groups is 1. The summed E-state index contributed by atoms with van der Waals surface area (Å²) in [6.45, 7) is 3.19. The summed E-state index contributed by atoms with van der Waals surface area (Å²) in [6, 6.07) is 9.19. The maximum absolute atomic E-state index is 12.2. The Kier molecular flexibility index (Phi) is 5.82. The Balaban J connectivity index is 2.04. The lowest BCUT2D eigenvalue weighted by Gasteiger charge is -2.15. The fraction of sp³-hybridized carbons (Fsp3) is 0.235. The molecule has 2 aromatic carbocycles. The van der Waals surface area contributed by atoms with Crippen molar-refractivity contribution in [2.75, 3.05) is 12.4 Å². The highest BCUT2D eigenvalue weighted by atomic mass is 35.5. The summed E-state index contributed by atoms with van der Waals surface area (Å²) in [6.07, 6.45) is -0.804. The van der Waals surface area contributed by atoms with Crippen LogP contribution < -0.4 is 14.8 Å². The van der Waals surface area contributed by atoms with Crippen LogP contribution in [0.25, 0.3) is 0 Å². The van der Waals surface area contributed by atoms with Gasteiger partial charge in [0.15, 0.2) is 6.10 Å². The molecule has 0 saturated heterocycles. The van der Waals surface area contributed by atoms with Crippen molar-refractivity contribution in [3.05, 3.63) is 57.1 Å². The molecule has 1 N–H and O–H groups in total. The molecule has 0 fully saturated rings. The van der Waals surface area contributed by atoms with Crippen molar-refractivity contribution in [2.24, 2.45) is 0 Å². The Bertz CT molecular complexity index is 810. The number of amides is 1. The van der Waals surface area contributed by atoms with Crippen LogP contribution in [0, 0.1) is 17.0 Å². The van der Waals surface area contributed by atoms with Crippen LogP contribution >= 0.6 is 11.6 Å². The highest BCUT2D eigenvalue weighted by molar-refractivity contribution is 6.32. The second-order valence-electron chi connectivity index (χ2n) is 5.30. The maximum Gasteiger partial charge on any atom is 0.272 e. The SMILES string of the molecule is COc1ccc(NC(=O)[C@H](C)Oc2ccc([N+](=O)[O-])c(C)c2)cc1Cl. The molecule has 0 unspecified atom stereocenters. The molecule has 8 heteroatoms. The minimum Gasteiger partial charge on any atom is -0.495 e. The molecule has 1 atom stereocenters. The number of hydrogen-bond donors (Lipinski definition) is 1. The quantitative estimate of drug-likeness (QED) is 0.618.